The van der Waals surface area contributed by atoms with Gasteiger partial charge in [0.15, 0.2) is 0 Å². The average molecular weight is 246 g/mol. The molecule has 0 aliphatic carbocycles. The number of unbranched alkanes of at least 4 members (excludes halogenated alkanes) is 3. The Kier molecular flexibility index (Phi) is 6.52. The maximum absolute atomic E-state index is 11.7. The molecule has 0 unspecified atom stereocenters. The van der Waals surface area contributed by atoms with Crippen LogP contribution in [0.15, 0.2) is 24.3 Å². The van der Waals surface area contributed by atoms with Gasteiger partial charge in [0, 0.05) is 18.7 Å². The van der Waals surface area contributed by atoms with Crippen LogP contribution < -0.4 is 5.32 Å². The standard InChI is InChI=1S/C14H18N2O2/c15-11-12-5-7-13(8-6-12)14(18)16-9-3-1-2-4-10-17/h5-8,17H,1-4,9-10H2,(H,16,18). The molecule has 96 valence electrons. The minimum absolute atomic E-state index is 0.110. The van der Waals surface area contributed by atoms with E-state index in [9.17, 15) is 4.79 Å². The van der Waals surface area contributed by atoms with Crippen LogP contribution >= 0.6 is 0 Å². The number of nitrogens with zero attached hydrogens (tertiary/aromatic N) is 1. The van der Waals surface area contributed by atoms with E-state index >= 15 is 0 Å². The van der Waals surface area contributed by atoms with Crippen molar-refractivity contribution in [2.24, 2.45) is 0 Å². The van der Waals surface area contributed by atoms with Crippen LogP contribution in [0, 0.1) is 11.3 Å². The Morgan fingerprint density at radius 3 is 2.44 bits per heavy atom. The lowest BCUT2D eigenvalue weighted by Gasteiger charge is -2.05. The molecule has 1 aromatic carbocycles. The molecule has 0 fully saturated rings. The van der Waals surface area contributed by atoms with Gasteiger partial charge in [-0.3, -0.25) is 4.79 Å². The maximum atomic E-state index is 11.7. The molecule has 0 aromatic heterocycles. The van der Waals surface area contributed by atoms with Gasteiger partial charge in [-0.25, -0.2) is 0 Å². The monoisotopic (exact) mass is 246 g/mol. The van der Waals surface area contributed by atoms with Gasteiger partial charge in [-0.15, -0.1) is 0 Å². The van der Waals surface area contributed by atoms with Crippen molar-refractivity contribution in [1.29, 1.82) is 5.26 Å². The fourth-order valence-corrected chi connectivity index (χ4v) is 1.59. The third kappa shape index (κ3) is 4.98. The lowest BCUT2D eigenvalue weighted by atomic mass is 10.1. The van der Waals surface area contributed by atoms with Gasteiger partial charge >= 0.3 is 0 Å². The van der Waals surface area contributed by atoms with E-state index in [2.05, 4.69) is 5.32 Å². The van der Waals surface area contributed by atoms with Crippen LogP contribution in [0.25, 0.3) is 0 Å². The summed E-state index contributed by atoms with van der Waals surface area (Å²) in [5.41, 5.74) is 1.12. The summed E-state index contributed by atoms with van der Waals surface area (Å²) in [6.45, 7) is 0.877. The second kappa shape index (κ2) is 8.26. The van der Waals surface area contributed by atoms with Gasteiger partial charge in [0.1, 0.15) is 0 Å². The van der Waals surface area contributed by atoms with Gasteiger partial charge in [-0.1, -0.05) is 12.8 Å². The highest BCUT2D eigenvalue weighted by Gasteiger charge is 2.03. The largest absolute Gasteiger partial charge is 0.396 e. The summed E-state index contributed by atoms with van der Waals surface area (Å²) < 4.78 is 0. The van der Waals surface area contributed by atoms with Gasteiger partial charge in [0.2, 0.25) is 0 Å². The third-order valence-electron chi connectivity index (χ3n) is 2.65. The zero-order valence-electron chi connectivity index (χ0n) is 10.4. The molecule has 0 radical (unpaired) electrons. The highest BCUT2D eigenvalue weighted by atomic mass is 16.2. The van der Waals surface area contributed by atoms with Crippen LogP contribution in [0.5, 0.6) is 0 Å². The van der Waals surface area contributed by atoms with Gasteiger partial charge in [-0.05, 0) is 37.1 Å². The lowest BCUT2D eigenvalue weighted by Crippen LogP contribution is -2.24. The SMILES string of the molecule is N#Cc1ccc(C(=O)NCCCCCCO)cc1. The number of carbonyl (C=O) groups excluding carboxylic acids is 1. The number of aliphatic hydroxyl groups is 1. The van der Waals surface area contributed by atoms with E-state index < -0.39 is 0 Å². The predicted octanol–water partition coefficient (Wildman–Crippen LogP) is 1.84. The molecule has 0 aliphatic rings. The van der Waals surface area contributed by atoms with Crippen molar-refractivity contribution in [2.75, 3.05) is 13.2 Å². The fourth-order valence-electron chi connectivity index (χ4n) is 1.59. The average Bonchev–Trinajstić information content (AvgIpc) is 2.42. The molecule has 1 rings (SSSR count). The number of hydrogen-bond acceptors (Lipinski definition) is 3. The van der Waals surface area contributed by atoms with E-state index in [0.717, 1.165) is 25.7 Å². The number of nitriles is 1. The molecule has 1 amide bonds. The number of amides is 1. The summed E-state index contributed by atoms with van der Waals surface area (Å²) in [5, 5.41) is 20.1. The van der Waals surface area contributed by atoms with Crippen LogP contribution in [-0.4, -0.2) is 24.2 Å². The van der Waals surface area contributed by atoms with Gasteiger partial charge in [0.05, 0.1) is 11.6 Å². The molecule has 4 heteroatoms. The van der Waals surface area contributed by atoms with Crippen LogP contribution in [0.3, 0.4) is 0 Å². The number of nitrogens with one attached hydrogen (secondary N) is 1. The molecule has 0 bridgehead atoms. The summed E-state index contributed by atoms with van der Waals surface area (Å²) >= 11 is 0. The first kappa shape index (κ1) is 14.2. The van der Waals surface area contributed by atoms with E-state index in [1.807, 2.05) is 6.07 Å². The topological polar surface area (TPSA) is 73.1 Å². The Morgan fingerprint density at radius 1 is 1.17 bits per heavy atom. The van der Waals surface area contributed by atoms with Gasteiger partial charge in [0.25, 0.3) is 5.91 Å². The first-order chi connectivity index (χ1) is 8.77. The van der Waals surface area contributed by atoms with E-state index in [1.165, 1.54) is 0 Å². The second-order valence-electron chi connectivity index (χ2n) is 4.08. The first-order valence-corrected chi connectivity index (χ1v) is 6.17. The molecule has 0 saturated heterocycles. The van der Waals surface area contributed by atoms with E-state index in [-0.39, 0.29) is 12.5 Å². The second-order valence-corrected chi connectivity index (χ2v) is 4.08. The number of hydrogen-bond donors (Lipinski definition) is 2. The minimum Gasteiger partial charge on any atom is -0.396 e. The molecule has 2 N–H and O–H groups in total. The molecule has 4 nitrogen and oxygen atoms in total. The predicted molar refractivity (Wildman–Crippen MR) is 69.0 cm³/mol. The first-order valence-electron chi connectivity index (χ1n) is 6.17. The molecule has 1 aromatic rings. The Bertz CT molecular complexity index is 407. The van der Waals surface area contributed by atoms with Crippen molar-refractivity contribution >= 4 is 5.91 Å². The molecule has 0 spiro atoms. The zero-order valence-corrected chi connectivity index (χ0v) is 10.4. The van der Waals surface area contributed by atoms with Crippen LogP contribution in [0.1, 0.15) is 41.6 Å². The summed E-state index contributed by atoms with van der Waals surface area (Å²) in [5.74, 6) is -0.110. The van der Waals surface area contributed by atoms with Crippen molar-refractivity contribution in [2.45, 2.75) is 25.7 Å². The normalized spacial score (nSPS) is 9.78. The summed E-state index contributed by atoms with van der Waals surface area (Å²) in [7, 11) is 0. The summed E-state index contributed by atoms with van der Waals surface area (Å²) in [6.07, 6.45) is 3.74. The van der Waals surface area contributed by atoms with Crippen molar-refractivity contribution < 1.29 is 9.90 Å². The Morgan fingerprint density at radius 2 is 1.83 bits per heavy atom. The van der Waals surface area contributed by atoms with E-state index in [1.54, 1.807) is 24.3 Å². The van der Waals surface area contributed by atoms with Crippen LogP contribution in [0.2, 0.25) is 0 Å². The maximum Gasteiger partial charge on any atom is 0.251 e. The Hall–Kier alpha value is -1.86. The molecule has 0 aliphatic heterocycles. The molecular formula is C14H18N2O2. The van der Waals surface area contributed by atoms with Gasteiger partial charge < -0.3 is 10.4 Å². The molecule has 0 atom stereocenters. The molecular weight excluding hydrogens is 228 g/mol. The van der Waals surface area contributed by atoms with E-state index in [0.29, 0.717) is 17.7 Å². The van der Waals surface area contributed by atoms with Crippen LogP contribution in [-0.2, 0) is 0 Å². The number of carbonyl (C=O) groups is 1. The van der Waals surface area contributed by atoms with Crippen molar-refractivity contribution in [3.05, 3.63) is 35.4 Å². The third-order valence-corrected chi connectivity index (χ3v) is 2.65. The quantitative estimate of drug-likeness (QED) is 0.721. The smallest absolute Gasteiger partial charge is 0.251 e. The Labute approximate surface area is 107 Å². The lowest BCUT2D eigenvalue weighted by molar-refractivity contribution is 0.0953. The number of benzene rings is 1. The molecule has 0 saturated carbocycles. The van der Waals surface area contributed by atoms with Gasteiger partial charge in [-0.2, -0.15) is 5.26 Å². The highest BCUT2D eigenvalue weighted by Crippen LogP contribution is 2.03. The van der Waals surface area contributed by atoms with Crippen molar-refractivity contribution in [1.82, 2.24) is 5.32 Å². The number of aliphatic hydroxyl groups excluding tert-OH is 1. The molecule has 0 heterocycles. The fraction of sp³-hybridized carbons (Fsp3) is 0.429. The van der Waals surface area contributed by atoms with Crippen LogP contribution in [0.4, 0.5) is 0 Å². The summed E-state index contributed by atoms with van der Waals surface area (Å²) in [6, 6.07) is 8.59. The summed E-state index contributed by atoms with van der Waals surface area (Å²) in [4.78, 5) is 11.7. The molecule has 18 heavy (non-hydrogen) atoms. The number of rotatable bonds is 7. The van der Waals surface area contributed by atoms with E-state index in [4.69, 9.17) is 10.4 Å². The minimum atomic E-state index is -0.110. The van der Waals surface area contributed by atoms with Crippen molar-refractivity contribution in [3.63, 3.8) is 0 Å². The Balaban J connectivity index is 2.26. The van der Waals surface area contributed by atoms with Crippen molar-refractivity contribution in [3.8, 4) is 6.07 Å². The zero-order chi connectivity index (χ0) is 13.2. The highest BCUT2D eigenvalue weighted by molar-refractivity contribution is 5.94.